The van der Waals surface area contributed by atoms with Gasteiger partial charge in [0.2, 0.25) is 10.0 Å². The maximum Gasteiger partial charge on any atom is 0.255 e. The SMILES string of the molecule is Cc1ccc(NC(=O)c2ccc(S(=O)(=O)NC(C)C)cc2)cc1I. The van der Waals surface area contributed by atoms with Gasteiger partial charge in [0.25, 0.3) is 5.91 Å². The Morgan fingerprint density at radius 2 is 1.71 bits per heavy atom. The molecule has 0 aliphatic rings. The third-order valence-electron chi connectivity index (χ3n) is 3.25. The number of amides is 1. The lowest BCUT2D eigenvalue weighted by Gasteiger charge is -2.10. The monoisotopic (exact) mass is 458 g/mol. The van der Waals surface area contributed by atoms with Crippen molar-refractivity contribution in [3.8, 4) is 0 Å². The van der Waals surface area contributed by atoms with Crippen molar-refractivity contribution in [2.75, 3.05) is 5.32 Å². The molecule has 0 atom stereocenters. The molecular formula is C17H19IN2O3S. The van der Waals surface area contributed by atoms with Crippen LogP contribution in [0.4, 0.5) is 5.69 Å². The highest BCUT2D eigenvalue weighted by atomic mass is 127. The third-order valence-corrected chi connectivity index (χ3v) is 6.08. The van der Waals surface area contributed by atoms with Crippen LogP contribution in [0.25, 0.3) is 0 Å². The summed E-state index contributed by atoms with van der Waals surface area (Å²) in [4.78, 5) is 12.4. The van der Waals surface area contributed by atoms with Crippen molar-refractivity contribution < 1.29 is 13.2 Å². The van der Waals surface area contributed by atoms with Crippen molar-refractivity contribution in [2.45, 2.75) is 31.7 Å². The largest absolute Gasteiger partial charge is 0.322 e. The lowest BCUT2D eigenvalue weighted by Crippen LogP contribution is -2.30. The van der Waals surface area contributed by atoms with Crippen LogP contribution in [0.2, 0.25) is 0 Å². The first-order chi connectivity index (χ1) is 11.2. The lowest BCUT2D eigenvalue weighted by molar-refractivity contribution is 0.102. The second kappa shape index (κ2) is 7.62. The Morgan fingerprint density at radius 1 is 1.08 bits per heavy atom. The highest BCUT2D eigenvalue weighted by Gasteiger charge is 2.16. The van der Waals surface area contributed by atoms with Crippen LogP contribution in [0.3, 0.4) is 0 Å². The van der Waals surface area contributed by atoms with E-state index in [-0.39, 0.29) is 16.8 Å². The molecule has 0 saturated carbocycles. The number of anilines is 1. The number of aryl methyl sites for hydroxylation is 1. The summed E-state index contributed by atoms with van der Waals surface area (Å²) < 4.78 is 27.7. The summed E-state index contributed by atoms with van der Waals surface area (Å²) in [6, 6.07) is 11.3. The smallest absolute Gasteiger partial charge is 0.255 e. The van der Waals surface area contributed by atoms with E-state index in [1.807, 2.05) is 25.1 Å². The number of sulfonamides is 1. The number of hydrogen-bond donors (Lipinski definition) is 2. The van der Waals surface area contributed by atoms with Crippen LogP contribution in [-0.2, 0) is 10.0 Å². The van der Waals surface area contributed by atoms with Crippen LogP contribution in [-0.4, -0.2) is 20.4 Å². The number of halogens is 1. The average Bonchev–Trinajstić information content (AvgIpc) is 2.50. The standard InChI is InChI=1S/C17H19IN2O3S/c1-11(2)20-24(22,23)15-8-5-13(6-9-15)17(21)19-14-7-4-12(3)16(18)10-14/h4-11,20H,1-3H3,(H,19,21). The van der Waals surface area contributed by atoms with Crippen molar-refractivity contribution in [1.82, 2.24) is 4.72 Å². The molecule has 0 fully saturated rings. The molecule has 0 aliphatic heterocycles. The van der Waals surface area contributed by atoms with E-state index in [4.69, 9.17) is 0 Å². The summed E-state index contributed by atoms with van der Waals surface area (Å²) in [6.45, 7) is 5.50. The van der Waals surface area contributed by atoms with E-state index in [9.17, 15) is 13.2 Å². The van der Waals surface area contributed by atoms with E-state index in [2.05, 4.69) is 32.6 Å². The fraction of sp³-hybridized carbons (Fsp3) is 0.235. The highest BCUT2D eigenvalue weighted by Crippen LogP contribution is 2.18. The number of hydrogen-bond acceptors (Lipinski definition) is 3. The predicted octanol–water partition coefficient (Wildman–Crippen LogP) is 3.54. The van der Waals surface area contributed by atoms with Crippen molar-refractivity contribution in [2.24, 2.45) is 0 Å². The van der Waals surface area contributed by atoms with Gasteiger partial charge in [-0.1, -0.05) is 6.07 Å². The molecule has 0 aromatic heterocycles. The number of carbonyl (C=O) groups is 1. The Balaban J connectivity index is 2.15. The molecule has 2 aromatic rings. The molecule has 0 aliphatic carbocycles. The molecule has 2 rings (SSSR count). The quantitative estimate of drug-likeness (QED) is 0.674. The topological polar surface area (TPSA) is 75.3 Å². The van der Waals surface area contributed by atoms with Gasteiger partial charge in [0.15, 0.2) is 0 Å². The van der Waals surface area contributed by atoms with Gasteiger partial charge in [-0.2, -0.15) is 0 Å². The second-order valence-corrected chi connectivity index (χ2v) is 8.59. The first kappa shape index (κ1) is 18.9. The minimum atomic E-state index is -3.55. The van der Waals surface area contributed by atoms with Crippen LogP contribution in [0, 0.1) is 10.5 Å². The van der Waals surface area contributed by atoms with Crippen LogP contribution in [0.5, 0.6) is 0 Å². The van der Waals surface area contributed by atoms with E-state index in [0.29, 0.717) is 11.3 Å². The molecular weight excluding hydrogens is 439 g/mol. The predicted molar refractivity (Wildman–Crippen MR) is 104 cm³/mol. The summed E-state index contributed by atoms with van der Waals surface area (Å²) >= 11 is 2.21. The summed E-state index contributed by atoms with van der Waals surface area (Å²) in [7, 11) is -3.55. The molecule has 5 nitrogen and oxygen atoms in total. The molecule has 0 bridgehead atoms. The van der Waals surface area contributed by atoms with Gasteiger partial charge < -0.3 is 5.32 Å². The van der Waals surface area contributed by atoms with Gasteiger partial charge in [0, 0.05) is 20.9 Å². The molecule has 24 heavy (non-hydrogen) atoms. The number of benzene rings is 2. The van der Waals surface area contributed by atoms with Gasteiger partial charge in [-0.3, -0.25) is 4.79 Å². The van der Waals surface area contributed by atoms with Crippen LogP contribution in [0.15, 0.2) is 47.4 Å². The molecule has 0 spiro atoms. The van der Waals surface area contributed by atoms with Gasteiger partial charge >= 0.3 is 0 Å². The van der Waals surface area contributed by atoms with E-state index in [0.717, 1.165) is 9.13 Å². The van der Waals surface area contributed by atoms with E-state index in [1.165, 1.54) is 24.3 Å². The van der Waals surface area contributed by atoms with Gasteiger partial charge in [-0.15, -0.1) is 0 Å². The van der Waals surface area contributed by atoms with Crippen LogP contribution < -0.4 is 10.0 Å². The normalized spacial score (nSPS) is 11.5. The zero-order chi connectivity index (χ0) is 17.9. The maximum atomic E-state index is 12.3. The summed E-state index contributed by atoms with van der Waals surface area (Å²) in [6.07, 6.45) is 0. The van der Waals surface area contributed by atoms with Gasteiger partial charge in [0.05, 0.1) is 4.90 Å². The summed E-state index contributed by atoms with van der Waals surface area (Å²) in [5, 5.41) is 2.81. The molecule has 2 N–H and O–H groups in total. The Morgan fingerprint density at radius 3 is 2.25 bits per heavy atom. The molecule has 7 heteroatoms. The van der Waals surface area contributed by atoms with Crippen molar-refractivity contribution in [3.05, 3.63) is 57.2 Å². The molecule has 0 radical (unpaired) electrons. The number of carbonyl (C=O) groups excluding carboxylic acids is 1. The minimum Gasteiger partial charge on any atom is -0.322 e. The fourth-order valence-electron chi connectivity index (χ4n) is 2.04. The van der Waals surface area contributed by atoms with Gasteiger partial charge in [0.1, 0.15) is 0 Å². The lowest BCUT2D eigenvalue weighted by atomic mass is 10.2. The molecule has 0 unspecified atom stereocenters. The number of nitrogens with one attached hydrogen (secondary N) is 2. The Bertz CT molecular complexity index is 847. The molecule has 2 aromatic carbocycles. The van der Waals surface area contributed by atoms with Gasteiger partial charge in [-0.05, 0) is 85.3 Å². The van der Waals surface area contributed by atoms with Crippen LogP contribution >= 0.6 is 22.6 Å². The molecule has 1 amide bonds. The van der Waals surface area contributed by atoms with E-state index >= 15 is 0 Å². The number of rotatable bonds is 5. The Hall–Kier alpha value is -1.45. The van der Waals surface area contributed by atoms with Crippen LogP contribution in [0.1, 0.15) is 29.8 Å². The minimum absolute atomic E-state index is 0.137. The summed E-state index contributed by atoms with van der Waals surface area (Å²) in [5.74, 6) is -0.282. The van der Waals surface area contributed by atoms with Crippen molar-refractivity contribution in [3.63, 3.8) is 0 Å². The fourth-order valence-corrected chi connectivity index (χ4v) is 3.80. The molecule has 128 valence electrons. The third kappa shape index (κ3) is 4.78. The zero-order valence-corrected chi connectivity index (χ0v) is 16.6. The average molecular weight is 458 g/mol. The first-order valence-corrected chi connectivity index (χ1v) is 9.95. The van der Waals surface area contributed by atoms with Gasteiger partial charge in [-0.25, -0.2) is 13.1 Å². The first-order valence-electron chi connectivity index (χ1n) is 7.39. The van der Waals surface area contributed by atoms with Crippen molar-refractivity contribution in [1.29, 1.82) is 0 Å². The Labute approximate surface area is 156 Å². The van der Waals surface area contributed by atoms with E-state index in [1.54, 1.807) is 13.8 Å². The van der Waals surface area contributed by atoms with E-state index < -0.39 is 10.0 Å². The molecule has 0 heterocycles. The zero-order valence-electron chi connectivity index (χ0n) is 13.6. The molecule has 0 saturated heterocycles. The van der Waals surface area contributed by atoms with Crippen molar-refractivity contribution >= 4 is 44.2 Å². The summed E-state index contributed by atoms with van der Waals surface area (Å²) in [5.41, 5.74) is 2.24. The second-order valence-electron chi connectivity index (χ2n) is 5.72. The Kier molecular flexibility index (Phi) is 6.00. The maximum absolute atomic E-state index is 12.3. The highest BCUT2D eigenvalue weighted by molar-refractivity contribution is 14.1.